The van der Waals surface area contributed by atoms with Gasteiger partial charge in [0.15, 0.2) is 0 Å². The van der Waals surface area contributed by atoms with Crippen LogP contribution in [0.5, 0.6) is 0 Å². The van der Waals surface area contributed by atoms with Crippen LogP contribution in [0.25, 0.3) is 0 Å². The Hall–Kier alpha value is -0.0400. The molecule has 1 unspecified atom stereocenters. The predicted molar refractivity (Wildman–Crippen MR) is 82.0 cm³/mol. The Morgan fingerprint density at radius 2 is 1.50 bits per heavy atom. The first kappa shape index (κ1) is 16.0. The van der Waals surface area contributed by atoms with Gasteiger partial charge in [-0.25, -0.2) is 0 Å². The molecule has 0 heterocycles. The second-order valence-corrected chi connectivity index (χ2v) is 6.20. The van der Waals surface area contributed by atoms with E-state index >= 15 is 0 Å². The fourth-order valence-electron chi connectivity index (χ4n) is 3.47. The maximum absolute atomic E-state index is 3.60. The van der Waals surface area contributed by atoms with E-state index in [1.807, 2.05) is 0 Å². The number of rotatable bonds is 9. The third kappa shape index (κ3) is 6.78. The van der Waals surface area contributed by atoms with Crippen LogP contribution < -0.4 is 5.32 Å². The Kier molecular flexibility index (Phi) is 9.65. The second-order valence-electron chi connectivity index (χ2n) is 6.20. The smallest absolute Gasteiger partial charge is 0.00923 e. The second kappa shape index (κ2) is 10.8. The number of nitrogens with one attached hydrogen (secondary N) is 1. The van der Waals surface area contributed by atoms with Gasteiger partial charge in [-0.05, 0) is 32.2 Å². The molecule has 1 aliphatic rings. The van der Waals surface area contributed by atoms with Crippen LogP contribution in [0.1, 0.15) is 90.4 Å². The Morgan fingerprint density at radius 3 is 2.11 bits per heavy atom. The van der Waals surface area contributed by atoms with Crippen LogP contribution in [0, 0.1) is 5.92 Å². The van der Waals surface area contributed by atoms with Crippen molar-refractivity contribution in [3.05, 3.63) is 0 Å². The first-order valence-electron chi connectivity index (χ1n) is 8.55. The minimum atomic E-state index is 0.800. The molecule has 1 rings (SSSR count). The minimum Gasteiger partial charge on any atom is -0.317 e. The molecule has 0 aromatic rings. The first-order valence-corrected chi connectivity index (χ1v) is 8.55. The molecule has 108 valence electrons. The summed E-state index contributed by atoms with van der Waals surface area (Å²) in [6.45, 7) is 2.29. The molecule has 0 saturated heterocycles. The van der Waals surface area contributed by atoms with Gasteiger partial charge in [-0.1, -0.05) is 71.1 Å². The summed E-state index contributed by atoms with van der Waals surface area (Å²) in [6, 6.07) is 0.800. The SMILES string of the molecule is CCCCCCCCC(NC)C1CCCCCC1. The summed E-state index contributed by atoms with van der Waals surface area (Å²) in [7, 11) is 2.17. The van der Waals surface area contributed by atoms with Crippen molar-refractivity contribution in [2.24, 2.45) is 5.92 Å². The average Bonchev–Trinajstić information content (AvgIpc) is 2.67. The van der Waals surface area contributed by atoms with Gasteiger partial charge in [0.05, 0.1) is 0 Å². The highest BCUT2D eigenvalue weighted by atomic mass is 14.9. The Labute approximate surface area is 115 Å². The topological polar surface area (TPSA) is 12.0 Å². The van der Waals surface area contributed by atoms with E-state index in [1.54, 1.807) is 0 Å². The third-order valence-corrected chi connectivity index (χ3v) is 4.71. The molecule has 0 spiro atoms. The van der Waals surface area contributed by atoms with Crippen molar-refractivity contribution in [2.45, 2.75) is 96.4 Å². The summed E-state index contributed by atoms with van der Waals surface area (Å²) < 4.78 is 0. The molecule has 0 radical (unpaired) electrons. The standard InChI is InChI=1S/C17H35N/c1-3-4-5-6-7-12-15-17(18-2)16-13-10-8-9-11-14-16/h16-18H,3-15H2,1-2H3. The molecule has 1 N–H and O–H groups in total. The lowest BCUT2D eigenvalue weighted by Crippen LogP contribution is -2.33. The molecular formula is C17H35N. The van der Waals surface area contributed by atoms with Gasteiger partial charge in [-0.3, -0.25) is 0 Å². The van der Waals surface area contributed by atoms with Crippen LogP contribution >= 0.6 is 0 Å². The molecule has 1 nitrogen and oxygen atoms in total. The maximum Gasteiger partial charge on any atom is 0.00923 e. The summed E-state index contributed by atoms with van der Waals surface area (Å²) in [5, 5.41) is 3.60. The number of hydrogen-bond donors (Lipinski definition) is 1. The lowest BCUT2D eigenvalue weighted by atomic mass is 9.88. The third-order valence-electron chi connectivity index (χ3n) is 4.71. The van der Waals surface area contributed by atoms with E-state index in [0.29, 0.717) is 0 Å². The van der Waals surface area contributed by atoms with E-state index < -0.39 is 0 Å². The highest BCUT2D eigenvalue weighted by Crippen LogP contribution is 2.27. The van der Waals surface area contributed by atoms with Crippen LogP contribution in [-0.2, 0) is 0 Å². The molecule has 0 aromatic heterocycles. The van der Waals surface area contributed by atoms with E-state index in [9.17, 15) is 0 Å². The van der Waals surface area contributed by atoms with Crippen LogP contribution in [0.15, 0.2) is 0 Å². The van der Waals surface area contributed by atoms with Crippen molar-refractivity contribution in [3.63, 3.8) is 0 Å². The molecule has 1 atom stereocenters. The van der Waals surface area contributed by atoms with Gasteiger partial charge < -0.3 is 5.32 Å². The van der Waals surface area contributed by atoms with Crippen molar-refractivity contribution < 1.29 is 0 Å². The fourth-order valence-corrected chi connectivity index (χ4v) is 3.47. The summed E-state index contributed by atoms with van der Waals surface area (Å²) in [5.74, 6) is 0.966. The molecule has 0 amide bonds. The summed E-state index contributed by atoms with van der Waals surface area (Å²) in [6.07, 6.45) is 18.8. The van der Waals surface area contributed by atoms with Gasteiger partial charge in [0.2, 0.25) is 0 Å². The van der Waals surface area contributed by atoms with E-state index in [2.05, 4.69) is 19.3 Å². The zero-order valence-corrected chi connectivity index (χ0v) is 12.8. The van der Waals surface area contributed by atoms with Crippen LogP contribution in [0.2, 0.25) is 0 Å². The normalized spacial score (nSPS) is 19.7. The van der Waals surface area contributed by atoms with E-state index in [0.717, 1.165) is 12.0 Å². The molecule has 18 heavy (non-hydrogen) atoms. The largest absolute Gasteiger partial charge is 0.317 e. The van der Waals surface area contributed by atoms with Crippen molar-refractivity contribution in [2.75, 3.05) is 7.05 Å². The van der Waals surface area contributed by atoms with Crippen LogP contribution in [-0.4, -0.2) is 13.1 Å². The lowest BCUT2D eigenvalue weighted by molar-refractivity contribution is 0.311. The molecule has 1 heteroatoms. The van der Waals surface area contributed by atoms with Gasteiger partial charge in [0.25, 0.3) is 0 Å². The summed E-state index contributed by atoms with van der Waals surface area (Å²) in [4.78, 5) is 0. The van der Waals surface area contributed by atoms with Crippen molar-refractivity contribution in [3.8, 4) is 0 Å². The molecule has 1 aliphatic carbocycles. The fraction of sp³-hybridized carbons (Fsp3) is 1.00. The van der Waals surface area contributed by atoms with E-state index in [1.165, 1.54) is 83.5 Å². The number of unbranched alkanes of at least 4 members (excludes halogenated alkanes) is 5. The molecular weight excluding hydrogens is 218 g/mol. The zero-order chi connectivity index (χ0) is 13.1. The predicted octanol–water partition coefficient (Wildman–Crippen LogP) is 5.30. The average molecular weight is 253 g/mol. The van der Waals surface area contributed by atoms with Gasteiger partial charge in [0, 0.05) is 6.04 Å². The summed E-state index contributed by atoms with van der Waals surface area (Å²) >= 11 is 0. The Morgan fingerprint density at radius 1 is 0.889 bits per heavy atom. The van der Waals surface area contributed by atoms with Gasteiger partial charge in [0.1, 0.15) is 0 Å². The van der Waals surface area contributed by atoms with Crippen molar-refractivity contribution >= 4 is 0 Å². The lowest BCUT2D eigenvalue weighted by Gasteiger charge is -2.25. The van der Waals surface area contributed by atoms with Crippen molar-refractivity contribution in [1.29, 1.82) is 0 Å². The van der Waals surface area contributed by atoms with Crippen LogP contribution in [0.3, 0.4) is 0 Å². The molecule has 0 bridgehead atoms. The molecule has 0 aromatic carbocycles. The summed E-state index contributed by atoms with van der Waals surface area (Å²) in [5.41, 5.74) is 0. The monoisotopic (exact) mass is 253 g/mol. The first-order chi connectivity index (χ1) is 8.88. The maximum atomic E-state index is 3.60. The molecule has 1 fully saturated rings. The quantitative estimate of drug-likeness (QED) is 0.434. The zero-order valence-electron chi connectivity index (χ0n) is 12.8. The van der Waals surface area contributed by atoms with Gasteiger partial charge >= 0.3 is 0 Å². The van der Waals surface area contributed by atoms with Crippen LogP contribution in [0.4, 0.5) is 0 Å². The minimum absolute atomic E-state index is 0.800. The van der Waals surface area contributed by atoms with E-state index in [4.69, 9.17) is 0 Å². The Balaban J connectivity index is 2.11. The Bertz CT molecular complexity index is 170. The molecule has 0 aliphatic heterocycles. The van der Waals surface area contributed by atoms with Crippen molar-refractivity contribution in [1.82, 2.24) is 5.32 Å². The highest BCUT2D eigenvalue weighted by Gasteiger charge is 2.20. The highest BCUT2D eigenvalue weighted by molar-refractivity contribution is 4.77. The number of hydrogen-bond acceptors (Lipinski definition) is 1. The van der Waals surface area contributed by atoms with E-state index in [-0.39, 0.29) is 0 Å². The van der Waals surface area contributed by atoms with Gasteiger partial charge in [-0.2, -0.15) is 0 Å². The van der Waals surface area contributed by atoms with Gasteiger partial charge in [-0.15, -0.1) is 0 Å². The molecule has 1 saturated carbocycles.